The lowest BCUT2D eigenvalue weighted by Crippen LogP contribution is -2.64. The van der Waals surface area contributed by atoms with Crippen LogP contribution < -0.4 is 9.80 Å². The number of nitrogens with zero attached hydrogens (tertiary/aromatic N) is 6. The molecule has 6 nitrogen and oxygen atoms in total. The van der Waals surface area contributed by atoms with Crippen LogP contribution in [0.15, 0.2) is 36.5 Å². The number of anilines is 2. The smallest absolute Gasteiger partial charge is 0.225 e. The Kier molecular flexibility index (Phi) is 5.25. The Bertz CT molecular complexity index is 795. The van der Waals surface area contributed by atoms with Crippen molar-refractivity contribution in [2.45, 2.75) is 18.4 Å². The van der Waals surface area contributed by atoms with Crippen LogP contribution in [0.2, 0.25) is 0 Å². The number of likely N-dealkylation sites (N-methyl/N-ethyl adjacent to an activating group) is 1. The molecule has 0 N–H and O–H groups in total. The molecule has 2 aliphatic heterocycles. The number of likely N-dealkylation sites (tertiary alicyclic amines) is 1. The number of piperidine rings is 1. The molecule has 1 spiro atoms. The second-order valence-electron chi connectivity index (χ2n) is 8.55. The van der Waals surface area contributed by atoms with Crippen molar-refractivity contribution in [2.24, 2.45) is 0 Å². The minimum atomic E-state index is 0.248. The van der Waals surface area contributed by atoms with Crippen LogP contribution in [0.25, 0.3) is 11.3 Å². The van der Waals surface area contributed by atoms with Gasteiger partial charge in [-0.25, -0.2) is 9.97 Å². The van der Waals surface area contributed by atoms with Gasteiger partial charge in [-0.2, -0.15) is 0 Å². The lowest BCUT2D eigenvalue weighted by Gasteiger charge is -2.52. The van der Waals surface area contributed by atoms with E-state index in [2.05, 4.69) is 77.0 Å². The van der Waals surface area contributed by atoms with E-state index in [0.29, 0.717) is 0 Å². The van der Waals surface area contributed by atoms with Crippen LogP contribution in [0, 0.1) is 0 Å². The number of hydrogen-bond acceptors (Lipinski definition) is 6. The van der Waals surface area contributed by atoms with Gasteiger partial charge in [0.1, 0.15) is 0 Å². The number of piperazine rings is 1. The second kappa shape index (κ2) is 7.68. The van der Waals surface area contributed by atoms with Gasteiger partial charge in [0.25, 0.3) is 0 Å². The molecule has 0 amide bonds. The van der Waals surface area contributed by atoms with Gasteiger partial charge in [0, 0.05) is 56.7 Å². The summed E-state index contributed by atoms with van der Waals surface area (Å²) in [6.07, 6.45) is 4.32. The molecular formula is C22H32N6. The van der Waals surface area contributed by atoms with Gasteiger partial charge in [-0.1, -0.05) is 12.1 Å². The molecule has 28 heavy (non-hydrogen) atoms. The van der Waals surface area contributed by atoms with E-state index in [1.807, 2.05) is 12.3 Å². The van der Waals surface area contributed by atoms with Crippen molar-refractivity contribution < 1.29 is 0 Å². The van der Waals surface area contributed by atoms with Gasteiger partial charge in [0.2, 0.25) is 5.95 Å². The molecule has 1 aromatic carbocycles. The molecular weight excluding hydrogens is 348 g/mol. The first-order valence-corrected chi connectivity index (χ1v) is 10.2. The van der Waals surface area contributed by atoms with E-state index in [-0.39, 0.29) is 5.54 Å². The minimum absolute atomic E-state index is 0.248. The van der Waals surface area contributed by atoms with Gasteiger partial charge in [0.05, 0.1) is 5.69 Å². The zero-order valence-corrected chi connectivity index (χ0v) is 17.6. The van der Waals surface area contributed by atoms with Crippen molar-refractivity contribution in [3.8, 4) is 11.3 Å². The first-order valence-electron chi connectivity index (χ1n) is 10.2. The van der Waals surface area contributed by atoms with Crippen molar-refractivity contribution in [3.63, 3.8) is 0 Å². The summed E-state index contributed by atoms with van der Waals surface area (Å²) < 4.78 is 0. The van der Waals surface area contributed by atoms with Gasteiger partial charge >= 0.3 is 0 Å². The largest absolute Gasteiger partial charge is 0.378 e. The van der Waals surface area contributed by atoms with Crippen LogP contribution in [0.5, 0.6) is 0 Å². The number of hydrogen-bond donors (Lipinski definition) is 0. The van der Waals surface area contributed by atoms with Crippen molar-refractivity contribution >= 4 is 11.6 Å². The predicted octanol–water partition coefficient (Wildman–Crippen LogP) is 2.43. The standard InChI is InChI=1S/C22H32N6/c1-25(2)19-7-5-18(6-8-19)20-9-12-23-21(24-20)28-16-15-27(4)22(17-28)10-13-26(3)14-11-22/h5-9,12H,10-11,13-17H2,1-4H3. The van der Waals surface area contributed by atoms with Crippen molar-refractivity contribution in [1.82, 2.24) is 19.8 Å². The number of benzene rings is 1. The Morgan fingerprint density at radius 1 is 0.929 bits per heavy atom. The minimum Gasteiger partial charge on any atom is -0.378 e. The van der Waals surface area contributed by atoms with Crippen LogP contribution in [0.3, 0.4) is 0 Å². The van der Waals surface area contributed by atoms with E-state index in [4.69, 9.17) is 4.98 Å². The third kappa shape index (κ3) is 3.71. The molecule has 2 saturated heterocycles. The Morgan fingerprint density at radius 3 is 2.32 bits per heavy atom. The summed E-state index contributed by atoms with van der Waals surface area (Å²) in [4.78, 5) is 19.1. The normalized spacial score (nSPS) is 20.5. The van der Waals surface area contributed by atoms with E-state index in [0.717, 1.165) is 49.9 Å². The van der Waals surface area contributed by atoms with E-state index < -0.39 is 0 Å². The topological polar surface area (TPSA) is 38.7 Å². The van der Waals surface area contributed by atoms with E-state index in [9.17, 15) is 0 Å². The Morgan fingerprint density at radius 2 is 1.64 bits per heavy atom. The third-order valence-electron chi connectivity index (χ3n) is 6.52. The lowest BCUT2D eigenvalue weighted by molar-refractivity contribution is 0.0381. The molecule has 0 atom stereocenters. The van der Waals surface area contributed by atoms with Crippen LogP contribution >= 0.6 is 0 Å². The van der Waals surface area contributed by atoms with Crippen molar-refractivity contribution in [1.29, 1.82) is 0 Å². The van der Waals surface area contributed by atoms with Crippen LogP contribution in [0.1, 0.15) is 12.8 Å². The fourth-order valence-corrected chi connectivity index (χ4v) is 4.40. The first kappa shape index (κ1) is 19.2. The molecule has 0 bridgehead atoms. The summed E-state index contributed by atoms with van der Waals surface area (Å²) in [7, 11) is 8.63. The van der Waals surface area contributed by atoms with E-state index >= 15 is 0 Å². The highest BCUT2D eigenvalue weighted by Gasteiger charge is 2.42. The summed E-state index contributed by atoms with van der Waals surface area (Å²) in [5.74, 6) is 0.862. The first-order chi connectivity index (χ1) is 13.5. The van der Waals surface area contributed by atoms with Gasteiger partial charge in [-0.3, -0.25) is 4.90 Å². The second-order valence-corrected chi connectivity index (χ2v) is 8.55. The van der Waals surface area contributed by atoms with Gasteiger partial charge in [-0.05, 0) is 58.2 Å². The monoisotopic (exact) mass is 380 g/mol. The zero-order valence-electron chi connectivity index (χ0n) is 17.6. The fourth-order valence-electron chi connectivity index (χ4n) is 4.40. The summed E-state index contributed by atoms with van der Waals surface area (Å²) >= 11 is 0. The molecule has 6 heteroatoms. The molecule has 3 heterocycles. The highest BCUT2D eigenvalue weighted by atomic mass is 15.4. The number of rotatable bonds is 3. The van der Waals surface area contributed by atoms with Crippen molar-refractivity contribution in [2.75, 3.05) is 70.7 Å². The summed E-state index contributed by atoms with van der Waals surface area (Å²) in [6.45, 7) is 5.39. The third-order valence-corrected chi connectivity index (χ3v) is 6.52. The molecule has 0 saturated carbocycles. The molecule has 0 aliphatic carbocycles. The molecule has 2 fully saturated rings. The predicted molar refractivity (Wildman–Crippen MR) is 116 cm³/mol. The fraction of sp³-hybridized carbons (Fsp3) is 0.545. The molecule has 4 rings (SSSR count). The Hall–Kier alpha value is -2.18. The maximum atomic E-state index is 4.93. The van der Waals surface area contributed by atoms with E-state index in [1.165, 1.54) is 18.5 Å². The molecule has 0 unspecified atom stereocenters. The molecule has 0 radical (unpaired) electrons. The average Bonchev–Trinajstić information content (AvgIpc) is 2.72. The molecule has 2 aliphatic rings. The SMILES string of the molecule is CN1CCC2(CC1)CN(c1nccc(-c3ccc(N(C)C)cc3)n1)CCN2C. The maximum Gasteiger partial charge on any atom is 0.225 e. The average molecular weight is 381 g/mol. The summed E-state index contributed by atoms with van der Waals surface area (Å²) in [5.41, 5.74) is 3.57. The Balaban J connectivity index is 1.55. The molecule has 1 aromatic heterocycles. The highest BCUT2D eigenvalue weighted by Crippen LogP contribution is 2.32. The van der Waals surface area contributed by atoms with Gasteiger partial charge in [0.15, 0.2) is 0 Å². The van der Waals surface area contributed by atoms with Crippen LogP contribution in [0.4, 0.5) is 11.6 Å². The Labute approximate surface area is 168 Å². The van der Waals surface area contributed by atoms with Crippen molar-refractivity contribution in [3.05, 3.63) is 36.5 Å². The number of aromatic nitrogens is 2. The maximum absolute atomic E-state index is 4.93. The lowest BCUT2D eigenvalue weighted by atomic mass is 9.84. The summed E-state index contributed by atoms with van der Waals surface area (Å²) in [6, 6.07) is 10.6. The zero-order chi connectivity index (χ0) is 19.7. The molecule has 150 valence electrons. The quantitative estimate of drug-likeness (QED) is 0.814. The highest BCUT2D eigenvalue weighted by molar-refractivity contribution is 5.63. The van der Waals surface area contributed by atoms with Gasteiger partial charge < -0.3 is 14.7 Å². The van der Waals surface area contributed by atoms with E-state index in [1.54, 1.807) is 0 Å². The van der Waals surface area contributed by atoms with Crippen LogP contribution in [-0.2, 0) is 0 Å². The van der Waals surface area contributed by atoms with Crippen LogP contribution in [-0.4, -0.2) is 86.2 Å². The van der Waals surface area contributed by atoms with Gasteiger partial charge in [-0.15, -0.1) is 0 Å². The molecule has 2 aromatic rings. The summed E-state index contributed by atoms with van der Waals surface area (Å²) in [5, 5.41) is 0.